The van der Waals surface area contributed by atoms with Gasteiger partial charge in [0.05, 0.1) is 11.2 Å². The van der Waals surface area contributed by atoms with Crippen molar-refractivity contribution < 1.29 is 0 Å². The second-order valence-corrected chi connectivity index (χ2v) is 5.84. The van der Waals surface area contributed by atoms with Crippen LogP contribution in [-0.4, -0.2) is 29.9 Å². The Morgan fingerprint density at radius 1 is 1.13 bits per heavy atom. The van der Waals surface area contributed by atoms with Gasteiger partial charge < -0.3 is 0 Å². The molecule has 6 nitrogen and oxygen atoms in total. The molecule has 0 saturated heterocycles. The highest BCUT2D eigenvalue weighted by atomic mass is 35.5. The van der Waals surface area contributed by atoms with Crippen molar-refractivity contribution in [3.05, 3.63) is 47.6 Å². The molecule has 4 rings (SSSR count). The lowest BCUT2D eigenvalue weighted by atomic mass is 10.0. The number of pyridine rings is 2. The van der Waals surface area contributed by atoms with Gasteiger partial charge in [-0.05, 0) is 24.6 Å². The molecule has 4 aromatic heterocycles. The second-order valence-electron chi connectivity index (χ2n) is 5.40. The molecule has 1 N–H and O–H groups in total. The Hall–Kier alpha value is -2.73. The highest BCUT2D eigenvalue weighted by molar-refractivity contribution is 6.30. The average molecular weight is 325 g/mol. The Morgan fingerprint density at radius 2 is 2.00 bits per heavy atom. The summed E-state index contributed by atoms with van der Waals surface area (Å²) in [5.41, 5.74) is 5.40. The van der Waals surface area contributed by atoms with Crippen LogP contribution < -0.4 is 0 Å². The van der Waals surface area contributed by atoms with Gasteiger partial charge in [-0.1, -0.05) is 11.6 Å². The number of rotatable bonds is 2. The van der Waals surface area contributed by atoms with Crippen LogP contribution in [0.1, 0.15) is 5.69 Å². The summed E-state index contributed by atoms with van der Waals surface area (Å²) in [5, 5.41) is 13.2. The predicted molar refractivity (Wildman–Crippen MR) is 89.1 cm³/mol. The van der Waals surface area contributed by atoms with E-state index < -0.39 is 0 Å². The van der Waals surface area contributed by atoms with Crippen LogP contribution in [-0.2, 0) is 7.05 Å². The van der Waals surface area contributed by atoms with Crippen LogP contribution >= 0.6 is 11.6 Å². The number of aromatic amines is 1. The number of fused-ring (bicyclic) bond motifs is 1. The first kappa shape index (κ1) is 13.9. The molecule has 0 aliphatic carbocycles. The van der Waals surface area contributed by atoms with E-state index in [1.165, 1.54) is 0 Å². The molecule has 0 bridgehead atoms. The average Bonchev–Trinajstić information content (AvgIpc) is 3.12. The maximum Gasteiger partial charge on any atom is 0.155 e. The molecule has 0 aromatic carbocycles. The Bertz CT molecular complexity index is 1020. The molecule has 7 heteroatoms. The number of H-pyrrole nitrogens is 1. The zero-order valence-corrected chi connectivity index (χ0v) is 13.3. The molecule has 0 unspecified atom stereocenters. The molecule has 0 atom stereocenters. The monoisotopic (exact) mass is 324 g/mol. The molecule has 23 heavy (non-hydrogen) atoms. The standard InChI is InChI=1S/C16H13ClN6/c1-9-3-12(13-7-19-21-16(13)20-9)14-8-23(2)22-15(14)10-4-11(17)6-18-5-10/h3-8H,1-2H3,(H,19,20,21). The van der Waals surface area contributed by atoms with E-state index in [0.717, 1.165) is 39.1 Å². The number of halogens is 1. The van der Waals surface area contributed by atoms with Gasteiger partial charge in [0.2, 0.25) is 0 Å². The third kappa shape index (κ3) is 2.37. The van der Waals surface area contributed by atoms with Gasteiger partial charge in [0.1, 0.15) is 5.69 Å². The van der Waals surface area contributed by atoms with Crippen molar-refractivity contribution >= 4 is 22.6 Å². The van der Waals surface area contributed by atoms with Crippen molar-refractivity contribution in [1.29, 1.82) is 0 Å². The predicted octanol–water partition coefficient (Wildman–Crippen LogP) is 3.38. The van der Waals surface area contributed by atoms with Gasteiger partial charge in [0, 0.05) is 47.8 Å². The van der Waals surface area contributed by atoms with E-state index in [2.05, 4.69) is 25.3 Å². The highest BCUT2D eigenvalue weighted by Gasteiger charge is 2.17. The lowest BCUT2D eigenvalue weighted by molar-refractivity contribution is 0.771. The minimum absolute atomic E-state index is 0.582. The first-order valence-corrected chi connectivity index (χ1v) is 7.45. The van der Waals surface area contributed by atoms with Crippen LogP contribution in [0.25, 0.3) is 33.4 Å². The van der Waals surface area contributed by atoms with Crippen LogP contribution in [0.15, 0.2) is 36.9 Å². The molecule has 0 spiro atoms. The van der Waals surface area contributed by atoms with Gasteiger partial charge >= 0.3 is 0 Å². The van der Waals surface area contributed by atoms with E-state index in [1.807, 2.05) is 32.3 Å². The quantitative estimate of drug-likeness (QED) is 0.613. The highest BCUT2D eigenvalue weighted by Crippen LogP contribution is 2.35. The minimum Gasteiger partial charge on any atom is -0.275 e. The van der Waals surface area contributed by atoms with E-state index in [-0.39, 0.29) is 0 Å². The SMILES string of the molecule is Cc1cc(-c2cn(C)nc2-c2cncc(Cl)c2)c2cn[nH]c2n1. The molecule has 0 saturated carbocycles. The van der Waals surface area contributed by atoms with Crippen LogP contribution in [0.4, 0.5) is 0 Å². The number of aryl methyl sites for hydroxylation is 2. The third-order valence-electron chi connectivity index (χ3n) is 3.65. The third-order valence-corrected chi connectivity index (χ3v) is 3.85. The smallest absolute Gasteiger partial charge is 0.155 e. The Labute approximate surface area is 137 Å². The zero-order chi connectivity index (χ0) is 16.0. The Kier molecular flexibility index (Phi) is 3.12. The normalized spacial score (nSPS) is 11.3. The van der Waals surface area contributed by atoms with E-state index >= 15 is 0 Å². The molecular weight excluding hydrogens is 312 g/mol. The number of hydrogen-bond acceptors (Lipinski definition) is 4. The number of aromatic nitrogens is 6. The molecule has 0 radical (unpaired) electrons. The van der Waals surface area contributed by atoms with Crippen molar-refractivity contribution in [2.75, 3.05) is 0 Å². The van der Waals surface area contributed by atoms with E-state index in [9.17, 15) is 0 Å². The fourth-order valence-electron chi connectivity index (χ4n) is 2.72. The van der Waals surface area contributed by atoms with Gasteiger partial charge in [0.15, 0.2) is 5.65 Å². The molecule has 4 heterocycles. The summed E-state index contributed by atoms with van der Waals surface area (Å²) < 4.78 is 1.78. The second kappa shape index (κ2) is 5.17. The summed E-state index contributed by atoms with van der Waals surface area (Å²) in [7, 11) is 1.89. The van der Waals surface area contributed by atoms with Crippen molar-refractivity contribution in [3.8, 4) is 22.4 Å². The summed E-state index contributed by atoms with van der Waals surface area (Å²) in [4.78, 5) is 8.63. The van der Waals surface area contributed by atoms with Gasteiger partial charge in [0.25, 0.3) is 0 Å². The molecule has 0 aliphatic rings. The van der Waals surface area contributed by atoms with Crippen molar-refractivity contribution in [2.45, 2.75) is 6.92 Å². The lowest BCUT2D eigenvalue weighted by Crippen LogP contribution is -1.89. The number of hydrogen-bond donors (Lipinski definition) is 1. The maximum absolute atomic E-state index is 6.08. The summed E-state index contributed by atoms with van der Waals surface area (Å²) in [6.45, 7) is 1.96. The topological polar surface area (TPSA) is 72.3 Å². The van der Waals surface area contributed by atoms with Gasteiger partial charge in [-0.15, -0.1) is 0 Å². The summed E-state index contributed by atoms with van der Waals surface area (Å²) in [6, 6.07) is 3.90. The first-order valence-electron chi connectivity index (χ1n) is 7.07. The molecular formula is C16H13ClN6. The van der Waals surface area contributed by atoms with Crippen molar-refractivity contribution in [2.24, 2.45) is 7.05 Å². The maximum atomic E-state index is 6.08. The molecule has 4 aromatic rings. The van der Waals surface area contributed by atoms with Gasteiger partial charge in [-0.3, -0.25) is 14.8 Å². The summed E-state index contributed by atoms with van der Waals surface area (Å²) in [5.74, 6) is 0. The van der Waals surface area contributed by atoms with Crippen molar-refractivity contribution in [1.82, 2.24) is 29.9 Å². The van der Waals surface area contributed by atoms with Crippen LogP contribution in [0.5, 0.6) is 0 Å². The van der Waals surface area contributed by atoms with E-state index in [1.54, 1.807) is 23.3 Å². The zero-order valence-electron chi connectivity index (χ0n) is 12.6. The van der Waals surface area contributed by atoms with E-state index in [4.69, 9.17) is 11.6 Å². The molecule has 0 fully saturated rings. The number of nitrogens with one attached hydrogen (secondary N) is 1. The van der Waals surface area contributed by atoms with Crippen LogP contribution in [0.2, 0.25) is 5.02 Å². The van der Waals surface area contributed by atoms with Crippen molar-refractivity contribution in [3.63, 3.8) is 0 Å². The van der Waals surface area contributed by atoms with Crippen LogP contribution in [0, 0.1) is 6.92 Å². The lowest BCUT2D eigenvalue weighted by Gasteiger charge is -2.05. The van der Waals surface area contributed by atoms with Crippen LogP contribution in [0.3, 0.4) is 0 Å². The minimum atomic E-state index is 0.582. The summed E-state index contributed by atoms with van der Waals surface area (Å²) in [6.07, 6.45) is 7.14. The largest absolute Gasteiger partial charge is 0.275 e. The molecule has 114 valence electrons. The Morgan fingerprint density at radius 3 is 2.83 bits per heavy atom. The Balaban J connectivity index is 2.01. The fraction of sp³-hybridized carbons (Fsp3) is 0.125. The summed E-state index contributed by atoms with van der Waals surface area (Å²) >= 11 is 6.08. The first-order chi connectivity index (χ1) is 11.1. The fourth-order valence-corrected chi connectivity index (χ4v) is 2.89. The van der Waals surface area contributed by atoms with E-state index in [0.29, 0.717) is 5.02 Å². The van der Waals surface area contributed by atoms with Gasteiger partial charge in [-0.25, -0.2) is 4.98 Å². The number of nitrogens with zero attached hydrogens (tertiary/aromatic N) is 5. The molecule has 0 amide bonds. The van der Waals surface area contributed by atoms with Gasteiger partial charge in [-0.2, -0.15) is 10.2 Å². The molecule has 0 aliphatic heterocycles.